The maximum Gasteiger partial charge on any atom is 0.315 e. The fraction of sp³-hybridized carbons (Fsp3) is 0.476. The van der Waals surface area contributed by atoms with Gasteiger partial charge in [0, 0.05) is 17.3 Å². The number of nitrogen functional groups attached to an aromatic ring is 1. The molecule has 3 aliphatic rings. The largest absolute Gasteiger partial charge is 0.543 e. The van der Waals surface area contributed by atoms with Crippen LogP contribution in [0.3, 0.4) is 0 Å². The van der Waals surface area contributed by atoms with Crippen LogP contribution in [0.25, 0.3) is 0 Å². The Morgan fingerprint density at radius 1 is 1.34 bits per heavy atom. The van der Waals surface area contributed by atoms with Crippen molar-refractivity contribution < 1.29 is 33.6 Å². The minimum atomic E-state index is -1.48. The minimum Gasteiger partial charge on any atom is -0.543 e. The van der Waals surface area contributed by atoms with Crippen molar-refractivity contribution in [3.8, 4) is 0 Å². The van der Waals surface area contributed by atoms with Crippen LogP contribution in [0.15, 0.2) is 28.6 Å². The van der Waals surface area contributed by atoms with Gasteiger partial charge in [-0.1, -0.05) is 11.2 Å². The predicted molar refractivity (Wildman–Crippen MR) is 136 cm³/mol. The van der Waals surface area contributed by atoms with E-state index < -0.39 is 35.2 Å². The third-order valence-corrected chi connectivity index (χ3v) is 8.37. The third-order valence-electron chi connectivity index (χ3n) is 6.53. The van der Waals surface area contributed by atoms with Crippen molar-refractivity contribution in [2.75, 3.05) is 58.4 Å². The average Bonchev–Trinajstić information content (AvgIpc) is 3.30. The first-order valence-electron chi connectivity index (χ1n) is 11.5. The van der Waals surface area contributed by atoms with Crippen LogP contribution in [0.1, 0.15) is 5.82 Å². The number of hydrogen-bond acceptors (Lipinski definition) is 12. The standard InChI is InChI=1S/C21H27N9O6S2/c1-30(8-5-28(6-9-30)21(23)35)7-3-4-11-10-37-18-13(17(32)29(18)14(11)19(33)34)24-16(31)12(26-36-2)15-25-20(22)38-27-15/h3-4,13,18H,5-10H2,1-2H3,(H5-,22,23,24,25,27,31,33,34,35)/b4-3+,26-12-/t13-,18+/m1/s1. The van der Waals surface area contributed by atoms with E-state index in [4.69, 9.17) is 16.3 Å². The molecule has 4 heterocycles. The third kappa shape index (κ3) is 5.44. The molecule has 0 unspecified atom stereocenters. The lowest BCUT2D eigenvalue weighted by Gasteiger charge is -2.50. The van der Waals surface area contributed by atoms with Crippen LogP contribution in [0, 0.1) is 0 Å². The smallest absolute Gasteiger partial charge is 0.315 e. The fourth-order valence-corrected chi connectivity index (χ4v) is 6.13. The number of β-lactam (4-membered cyclic amide) rings is 1. The number of rotatable bonds is 8. The summed E-state index contributed by atoms with van der Waals surface area (Å²) < 4.78 is 4.60. The number of urea groups is 1. The number of nitrogens with two attached hydrogens (primary N) is 2. The van der Waals surface area contributed by atoms with E-state index in [0.29, 0.717) is 48.5 Å². The highest BCUT2D eigenvalue weighted by Crippen LogP contribution is 2.40. The van der Waals surface area contributed by atoms with Gasteiger partial charge in [-0.2, -0.15) is 9.36 Å². The first-order chi connectivity index (χ1) is 18.0. The number of anilines is 1. The number of hydrogen-bond donors (Lipinski definition) is 3. The van der Waals surface area contributed by atoms with Crippen LogP contribution < -0.4 is 21.9 Å². The highest BCUT2D eigenvalue weighted by molar-refractivity contribution is 8.00. The van der Waals surface area contributed by atoms with Crippen molar-refractivity contribution in [1.29, 1.82) is 0 Å². The zero-order chi connectivity index (χ0) is 27.6. The van der Waals surface area contributed by atoms with Gasteiger partial charge in [0.05, 0.1) is 51.4 Å². The number of nitrogens with zero attached hydrogens (tertiary/aromatic N) is 6. The first kappa shape index (κ1) is 27.3. The van der Waals surface area contributed by atoms with E-state index >= 15 is 0 Å². The molecule has 1 aromatic heterocycles. The summed E-state index contributed by atoms with van der Waals surface area (Å²) in [7, 11) is 3.29. The molecule has 2 fully saturated rings. The molecule has 0 saturated carbocycles. The van der Waals surface area contributed by atoms with E-state index in [1.165, 1.54) is 18.9 Å². The number of oxime groups is 1. The van der Waals surface area contributed by atoms with Gasteiger partial charge in [-0.3, -0.25) is 14.5 Å². The molecular weight excluding hydrogens is 538 g/mol. The number of allylic oxidation sites excluding steroid dienone is 1. The molecule has 1 aromatic rings. The first-order valence-corrected chi connectivity index (χ1v) is 13.3. The summed E-state index contributed by atoms with van der Waals surface area (Å²) in [6.45, 7) is 3.11. The van der Waals surface area contributed by atoms with Crippen LogP contribution in [-0.2, 0) is 19.2 Å². The number of carboxylic acids is 1. The van der Waals surface area contributed by atoms with Gasteiger partial charge in [0.15, 0.2) is 5.13 Å². The molecule has 15 nitrogen and oxygen atoms in total. The Morgan fingerprint density at radius 2 is 2.05 bits per heavy atom. The number of carboxylic acid groups (broad SMARTS) is 1. The summed E-state index contributed by atoms with van der Waals surface area (Å²) in [6, 6.07) is -1.43. The van der Waals surface area contributed by atoms with E-state index in [2.05, 4.69) is 19.8 Å². The quantitative estimate of drug-likeness (QED) is 0.128. The number of likely N-dealkylation sites (N-methyl/N-ethyl adjacent to an activating group) is 1. The Bertz CT molecular complexity index is 1240. The molecule has 17 heteroatoms. The summed E-state index contributed by atoms with van der Waals surface area (Å²) in [5.41, 5.74) is 10.9. The Kier molecular flexibility index (Phi) is 7.89. The number of primary amides is 1. The molecular formula is C21H27N9O6S2. The Balaban J connectivity index is 1.44. The lowest BCUT2D eigenvalue weighted by molar-refractivity contribution is -0.907. The number of nitrogens with one attached hydrogen (secondary N) is 1. The molecule has 0 aromatic carbocycles. The van der Waals surface area contributed by atoms with E-state index in [9.17, 15) is 24.3 Å². The molecule has 2 atom stereocenters. The molecule has 5 N–H and O–H groups in total. The molecule has 0 aliphatic carbocycles. The van der Waals surface area contributed by atoms with Crippen molar-refractivity contribution in [2.24, 2.45) is 10.9 Å². The maximum absolute atomic E-state index is 13.0. The molecule has 38 heavy (non-hydrogen) atoms. The Morgan fingerprint density at radius 3 is 2.63 bits per heavy atom. The number of quaternary nitrogens is 1. The minimum absolute atomic E-state index is 0.0538. The zero-order valence-corrected chi connectivity index (χ0v) is 22.3. The normalized spacial score (nSPS) is 23.2. The molecule has 204 valence electrons. The summed E-state index contributed by atoms with van der Waals surface area (Å²) >= 11 is 2.18. The van der Waals surface area contributed by atoms with E-state index in [-0.39, 0.29) is 22.4 Å². The van der Waals surface area contributed by atoms with E-state index in [1.807, 2.05) is 13.1 Å². The molecule has 4 rings (SSSR count). The number of piperazine rings is 1. The van der Waals surface area contributed by atoms with Crippen LogP contribution in [0.2, 0.25) is 0 Å². The number of amides is 4. The highest BCUT2D eigenvalue weighted by atomic mass is 32.2. The van der Waals surface area contributed by atoms with Crippen LogP contribution >= 0.6 is 23.3 Å². The van der Waals surface area contributed by atoms with Gasteiger partial charge >= 0.3 is 6.03 Å². The summed E-state index contributed by atoms with van der Waals surface area (Å²) in [5, 5.41) is 17.7. The van der Waals surface area contributed by atoms with Crippen LogP contribution in [0.5, 0.6) is 0 Å². The van der Waals surface area contributed by atoms with Crippen molar-refractivity contribution in [3.05, 3.63) is 29.2 Å². The molecule has 0 radical (unpaired) electrons. The summed E-state index contributed by atoms with van der Waals surface area (Å²) in [6.07, 6.45) is 3.56. The fourth-order valence-electron chi connectivity index (χ4n) is 4.38. The average molecular weight is 566 g/mol. The number of carbonyl (C=O) groups is 4. The zero-order valence-electron chi connectivity index (χ0n) is 20.7. The molecule has 0 bridgehead atoms. The van der Waals surface area contributed by atoms with Crippen molar-refractivity contribution in [2.45, 2.75) is 11.4 Å². The Labute approximate surface area is 225 Å². The second-order valence-electron chi connectivity index (χ2n) is 9.08. The number of fused-ring (bicyclic) bond motifs is 1. The number of thioether (sulfide) groups is 1. The second kappa shape index (κ2) is 11.0. The molecule has 4 amide bonds. The number of aliphatic carboxylic acids is 1. The molecule has 0 spiro atoms. The van der Waals surface area contributed by atoms with Gasteiger partial charge in [0.1, 0.15) is 18.5 Å². The highest BCUT2D eigenvalue weighted by Gasteiger charge is 2.53. The van der Waals surface area contributed by atoms with Gasteiger partial charge in [-0.15, -0.1) is 11.8 Å². The number of aromatic nitrogens is 2. The van der Waals surface area contributed by atoms with Gasteiger partial charge in [-0.25, -0.2) is 4.79 Å². The molecule has 3 aliphatic heterocycles. The lowest BCUT2D eigenvalue weighted by atomic mass is 10.0. The van der Waals surface area contributed by atoms with Gasteiger partial charge in [-0.05, 0) is 11.6 Å². The predicted octanol–water partition coefficient (Wildman–Crippen LogP) is -2.73. The summed E-state index contributed by atoms with van der Waals surface area (Å²) in [4.78, 5) is 60.5. The second-order valence-corrected chi connectivity index (χ2v) is 11.0. The van der Waals surface area contributed by atoms with Gasteiger partial charge < -0.3 is 40.9 Å². The van der Waals surface area contributed by atoms with Gasteiger partial charge in [0.25, 0.3) is 11.8 Å². The topological polar surface area (TPSA) is 209 Å². The monoisotopic (exact) mass is 565 g/mol. The van der Waals surface area contributed by atoms with E-state index in [1.54, 1.807) is 11.0 Å². The van der Waals surface area contributed by atoms with Crippen molar-refractivity contribution >= 4 is 58.0 Å². The van der Waals surface area contributed by atoms with E-state index in [0.717, 1.165) is 16.4 Å². The van der Waals surface area contributed by atoms with Gasteiger partial charge in [0.2, 0.25) is 11.5 Å². The summed E-state index contributed by atoms with van der Waals surface area (Å²) in [5.74, 6) is -2.59. The Hall–Kier alpha value is -3.70. The van der Waals surface area contributed by atoms with Crippen LogP contribution in [-0.4, -0.2) is 117 Å². The van der Waals surface area contributed by atoms with Crippen molar-refractivity contribution in [3.63, 3.8) is 0 Å². The number of carbonyl (C=O) groups excluding carboxylic acids is 4. The van der Waals surface area contributed by atoms with Crippen LogP contribution in [0.4, 0.5) is 9.93 Å². The maximum atomic E-state index is 13.0. The lowest BCUT2D eigenvalue weighted by Crippen LogP contribution is -2.71. The van der Waals surface area contributed by atoms with Crippen molar-refractivity contribution in [1.82, 2.24) is 24.5 Å². The SMILES string of the molecule is CO/N=C(\C(=O)N[C@@H]1C(=O)N2C(C(=O)[O-])=C(/C=C/C[N+]3(C)CCN(C(N)=O)CC3)CS[C@@H]12)c1nsc(N)n1. The molecule has 2 saturated heterocycles.